The lowest BCUT2D eigenvalue weighted by molar-refractivity contribution is -0.724. The highest BCUT2D eigenvalue weighted by molar-refractivity contribution is 4.77. The lowest BCUT2D eigenvalue weighted by Crippen LogP contribution is -2.37. The van der Waals surface area contributed by atoms with Gasteiger partial charge >= 0.3 is 0 Å². The van der Waals surface area contributed by atoms with Crippen LogP contribution in [0.2, 0.25) is 0 Å². The highest BCUT2D eigenvalue weighted by Gasteiger charge is 2.21. The van der Waals surface area contributed by atoms with Gasteiger partial charge in [-0.1, -0.05) is 89.9 Å². The van der Waals surface area contributed by atoms with Gasteiger partial charge in [-0.15, -0.1) is 0 Å². The van der Waals surface area contributed by atoms with Crippen LogP contribution in [0.5, 0.6) is 0 Å². The van der Waals surface area contributed by atoms with Crippen molar-refractivity contribution in [3.8, 4) is 0 Å². The van der Waals surface area contributed by atoms with Crippen molar-refractivity contribution >= 4 is 0 Å². The minimum Gasteiger partial charge on any atom is -0.234 e. The molecule has 2 aliphatic carbocycles. The van der Waals surface area contributed by atoms with E-state index in [1.807, 2.05) is 0 Å². The zero-order valence-electron chi connectivity index (χ0n) is 19.3. The number of imidazole rings is 1. The lowest BCUT2D eigenvalue weighted by Gasteiger charge is -2.17. The molecule has 0 saturated heterocycles. The predicted molar refractivity (Wildman–Crippen MR) is 124 cm³/mol. The highest BCUT2D eigenvalue weighted by atomic mass is 15.1. The molecule has 0 unspecified atom stereocenters. The molecule has 0 aromatic carbocycles. The van der Waals surface area contributed by atoms with E-state index >= 15 is 0 Å². The van der Waals surface area contributed by atoms with Crippen molar-refractivity contribution in [2.24, 2.45) is 0 Å². The summed E-state index contributed by atoms with van der Waals surface area (Å²) in [6.45, 7) is 0. The molecule has 2 aliphatic rings. The minimum absolute atomic E-state index is 0.738. The average molecular weight is 402 g/mol. The lowest BCUT2D eigenvalue weighted by atomic mass is 9.97. The van der Waals surface area contributed by atoms with Crippen LogP contribution in [0.4, 0.5) is 0 Å². The van der Waals surface area contributed by atoms with E-state index in [9.17, 15) is 0 Å². The Morgan fingerprint density at radius 3 is 1.31 bits per heavy atom. The van der Waals surface area contributed by atoms with E-state index in [0.717, 1.165) is 12.1 Å². The Balaban J connectivity index is 1.57. The summed E-state index contributed by atoms with van der Waals surface area (Å²) in [4.78, 5) is 0. The average Bonchev–Trinajstić information content (AvgIpc) is 3.19. The van der Waals surface area contributed by atoms with Crippen molar-refractivity contribution in [1.29, 1.82) is 0 Å². The summed E-state index contributed by atoms with van der Waals surface area (Å²) in [7, 11) is 0. The van der Waals surface area contributed by atoms with Gasteiger partial charge in [0.1, 0.15) is 24.5 Å². The molecule has 2 heteroatoms. The molecule has 166 valence electrons. The Labute approximate surface area is 181 Å². The Morgan fingerprint density at radius 1 is 0.483 bits per heavy atom. The molecule has 3 rings (SSSR count). The normalized spacial score (nSPS) is 24.0. The van der Waals surface area contributed by atoms with Gasteiger partial charge < -0.3 is 0 Å². The van der Waals surface area contributed by atoms with Crippen molar-refractivity contribution in [3.05, 3.63) is 18.7 Å². The molecule has 2 nitrogen and oxygen atoms in total. The largest absolute Gasteiger partial charge is 0.244 e. The van der Waals surface area contributed by atoms with Crippen LogP contribution in [0.1, 0.15) is 153 Å². The van der Waals surface area contributed by atoms with E-state index in [-0.39, 0.29) is 0 Å². The fourth-order valence-corrected chi connectivity index (χ4v) is 5.70. The molecule has 0 aliphatic heterocycles. The second kappa shape index (κ2) is 14.3. The maximum Gasteiger partial charge on any atom is 0.244 e. The zero-order chi connectivity index (χ0) is 20.0. The summed E-state index contributed by atoms with van der Waals surface area (Å²) in [5.74, 6) is 0. The Bertz CT molecular complexity index is 452. The molecule has 2 saturated carbocycles. The summed E-state index contributed by atoms with van der Waals surface area (Å²) in [5, 5.41) is 0. The third kappa shape index (κ3) is 8.85. The van der Waals surface area contributed by atoms with Crippen LogP contribution < -0.4 is 4.57 Å². The number of rotatable bonds is 2. The molecule has 0 atom stereocenters. The smallest absolute Gasteiger partial charge is 0.234 e. The molecule has 0 spiro atoms. The minimum atomic E-state index is 0.738. The van der Waals surface area contributed by atoms with Crippen LogP contribution in [0.25, 0.3) is 0 Å². The number of aromatic nitrogens is 2. The van der Waals surface area contributed by atoms with Gasteiger partial charge in [-0.2, -0.15) is 0 Å². The monoisotopic (exact) mass is 401 g/mol. The molecule has 29 heavy (non-hydrogen) atoms. The number of hydrogen-bond donors (Lipinski definition) is 0. The maximum absolute atomic E-state index is 2.60. The molecular weight excluding hydrogens is 352 g/mol. The molecule has 2 fully saturated rings. The first kappa shape index (κ1) is 22.9. The van der Waals surface area contributed by atoms with Gasteiger partial charge in [-0.3, -0.25) is 0 Å². The summed E-state index contributed by atoms with van der Waals surface area (Å²) in [5.41, 5.74) is 0. The predicted octanol–water partition coefficient (Wildman–Crippen LogP) is 8.47. The Morgan fingerprint density at radius 2 is 0.862 bits per heavy atom. The van der Waals surface area contributed by atoms with Gasteiger partial charge in [0.15, 0.2) is 0 Å². The molecule has 0 amide bonds. The first-order chi connectivity index (χ1) is 14.4. The SMILES string of the molecule is c1c[n+](C2CCCCCCCCCCC2)cn1C1CCCCCCCCCCC1. The topological polar surface area (TPSA) is 8.81 Å². The van der Waals surface area contributed by atoms with Crippen molar-refractivity contribution < 1.29 is 4.57 Å². The number of nitrogens with zero attached hydrogens (tertiary/aromatic N) is 2. The molecule has 0 N–H and O–H groups in total. The van der Waals surface area contributed by atoms with E-state index in [1.165, 1.54) is 141 Å². The summed E-state index contributed by atoms with van der Waals surface area (Å²) in [6, 6.07) is 1.48. The van der Waals surface area contributed by atoms with E-state index in [4.69, 9.17) is 0 Å². The molecule has 0 bridgehead atoms. The van der Waals surface area contributed by atoms with Gasteiger partial charge in [-0.25, -0.2) is 9.13 Å². The van der Waals surface area contributed by atoms with E-state index in [1.54, 1.807) is 0 Å². The maximum atomic E-state index is 2.60. The van der Waals surface area contributed by atoms with Crippen LogP contribution in [0.3, 0.4) is 0 Å². The molecule has 1 aromatic heterocycles. The molecule has 1 aromatic rings. The van der Waals surface area contributed by atoms with Gasteiger partial charge in [0, 0.05) is 0 Å². The molecule has 1 heterocycles. The fourth-order valence-electron chi connectivity index (χ4n) is 5.70. The van der Waals surface area contributed by atoms with Crippen LogP contribution in [0, 0.1) is 0 Å². The first-order valence-electron chi connectivity index (χ1n) is 13.5. The van der Waals surface area contributed by atoms with E-state index in [2.05, 4.69) is 27.9 Å². The van der Waals surface area contributed by atoms with Gasteiger partial charge in [0.05, 0.1) is 0 Å². The van der Waals surface area contributed by atoms with E-state index < -0.39 is 0 Å². The van der Waals surface area contributed by atoms with Crippen molar-refractivity contribution in [3.63, 3.8) is 0 Å². The highest BCUT2D eigenvalue weighted by Crippen LogP contribution is 2.26. The van der Waals surface area contributed by atoms with E-state index in [0.29, 0.717) is 0 Å². The van der Waals surface area contributed by atoms with Gasteiger partial charge in [0.25, 0.3) is 0 Å². The first-order valence-corrected chi connectivity index (χ1v) is 13.5. The van der Waals surface area contributed by atoms with Crippen LogP contribution in [-0.2, 0) is 0 Å². The third-order valence-electron chi connectivity index (χ3n) is 7.67. The Kier molecular flexibility index (Phi) is 11.3. The summed E-state index contributed by atoms with van der Waals surface area (Å²) in [6.07, 6.45) is 39.0. The van der Waals surface area contributed by atoms with Crippen molar-refractivity contribution in [2.75, 3.05) is 0 Å². The fraction of sp³-hybridized carbons (Fsp3) is 0.889. The second-order valence-corrected chi connectivity index (χ2v) is 10.1. The third-order valence-corrected chi connectivity index (χ3v) is 7.67. The summed E-state index contributed by atoms with van der Waals surface area (Å²) >= 11 is 0. The second-order valence-electron chi connectivity index (χ2n) is 10.1. The quantitative estimate of drug-likeness (QED) is 0.439. The van der Waals surface area contributed by atoms with Gasteiger partial charge in [-0.05, 0) is 51.4 Å². The van der Waals surface area contributed by atoms with Crippen LogP contribution in [-0.4, -0.2) is 4.57 Å². The zero-order valence-corrected chi connectivity index (χ0v) is 19.3. The van der Waals surface area contributed by atoms with Crippen LogP contribution >= 0.6 is 0 Å². The molecular formula is C27H49N2+. The summed E-state index contributed by atoms with van der Waals surface area (Å²) < 4.78 is 5.20. The van der Waals surface area contributed by atoms with Gasteiger partial charge in [0.2, 0.25) is 6.33 Å². The molecule has 0 radical (unpaired) electrons. The number of hydrogen-bond acceptors (Lipinski definition) is 0. The Hall–Kier alpha value is -0.790. The van der Waals surface area contributed by atoms with Crippen molar-refractivity contribution in [2.45, 2.75) is 153 Å². The standard InChI is InChI=1S/C27H49N2/c1-3-7-11-15-19-26(20-16-12-8-4-1)28-23-24-29(25-28)27-21-17-13-9-5-2-6-10-14-18-22-27/h23-27H,1-22H2/q+1. The van der Waals surface area contributed by atoms with Crippen molar-refractivity contribution in [1.82, 2.24) is 4.57 Å². The van der Waals surface area contributed by atoms with Crippen LogP contribution in [0.15, 0.2) is 18.7 Å².